The highest BCUT2D eigenvalue weighted by Crippen LogP contribution is 2.45. The Hall–Kier alpha value is -3.18. The van der Waals surface area contributed by atoms with Crippen LogP contribution in [0.3, 0.4) is 0 Å². The van der Waals surface area contributed by atoms with E-state index in [1.807, 2.05) is 36.5 Å². The number of hydrogen-bond donors (Lipinski definition) is 1. The Bertz CT molecular complexity index is 1420. The molecule has 0 saturated heterocycles. The van der Waals surface area contributed by atoms with E-state index >= 15 is 0 Å². The van der Waals surface area contributed by atoms with Crippen LogP contribution < -0.4 is 5.32 Å². The van der Waals surface area contributed by atoms with E-state index in [0.717, 1.165) is 41.1 Å². The molecule has 1 atom stereocenters. The molecule has 4 nitrogen and oxygen atoms in total. The molecule has 36 heavy (non-hydrogen) atoms. The third-order valence-electron chi connectivity index (χ3n) is 7.38. The van der Waals surface area contributed by atoms with E-state index in [1.165, 1.54) is 21.3 Å². The third-order valence-corrected chi connectivity index (χ3v) is 8.54. The Morgan fingerprint density at radius 3 is 2.56 bits per heavy atom. The van der Waals surface area contributed by atoms with Crippen molar-refractivity contribution in [3.63, 3.8) is 0 Å². The Morgan fingerprint density at radius 1 is 1.11 bits per heavy atom. The van der Waals surface area contributed by atoms with Crippen molar-refractivity contribution < 1.29 is 4.79 Å². The molecule has 2 heterocycles. The van der Waals surface area contributed by atoms with Crippen molar-refractivity contribution in [2.24, 2.45) is 16.3 Å². The molecule has 1 aliphatic carbocycles. The largest absolute Gasteiger partial charge is 0.344 e. The van der Waals surface area contributed by atoms with Gasteiger partial charge in [-0.25, -0.2) is 4.99 Å². The van der Waals surface area contributed by atoms with Crippen LogP contribution in [-0.2, 0) is 12.8 Å². The molecule has 2 aromatic heterocycles. The summed E-state index contributed by atoms with van der Waals surface area (Å²) in [5.74, 6) is 0.541. The standard InChI is InChI=1S/C31H35N3OS/c1-20(2)34-19-21(24-13-9-10-14-26(24)34)18-32-30-28(29(35)33-23-11-7-6-8-12-23)25-16-15-22(31(3,4)5)17-27(25)36-30/h6-14,18-20,22H,15-17H2,1-5H3,(H,33,35)/t22-/m0/s1. The molecule has 0 spiro atoms. The van der Waals surface area contributed by atoms with Crippen LogP contribution in [0.25, 0.3) is 10.9 Å². The highest BCUT2D eigenvalue weighted by atomic mass is 32.1. The number of aliphatic imine (C=N–C) groups is 1. The summed E-state index contributed by atoms with van der Waals surface area (Å²) in [4.78, 5) is 19.9. The number of fused-ring (bicyclic) bond motifs is 2. The van der Waals surface area contributed by atoms with Crippen LogP contribution in [0, 0.1) is 11.3 Å². The molecule has 0 aliphatic heterocycles. The van der Waals surface area contributed by atoms with Crippen molar-refractivity contribution in [2.75, 3.05) is 5.32 Å². The smallest absolute Gasteiger partial charge is 0.259 e. The highest BCUT2D eigenvalue weighted by molar-refractivity contribution is 7.16. The van der Waals surface area contributed by atoms with Crippen LogP contribution >= 0.6 is 11.3 Å². The van der Waals surface area contributed by atoms with Crippen molar-refractivity contribution in [3.05, 3.63) is 82.4 Å². The fourth-order valence-corrected chi connectivity index (χ4v) is 6.51. The van der Waals surface area contributed by atoms with Crippen molar-refractivity contribution in [3.8, 4) is 0 Å². The summed E-state index contributed by atoms with van der Waals surface area (Å²) < 4.78 is 2.28. The average Bonchev–Trinajstić information content (AvgIpc) is 3.40. The fourth-order valence-electron chi connectivity index (χ4n) is 5.24. The average molecular weight is 498 g/mol. The van der Waals surface area contributed by atoms with E-state index in [-0.39, 0.29) is 11.3 Å². The van der Waals surface area contributed by atoms with Gasteiger partial charge in [-0.1, -0.05) is 57.2 Å². The van der Waals surface area contributed by atoms with E-state index in [1.54, 1.807) is 11.3 Å². The molecular weight excluding hydrogens is 462 g/mol. The van der Waals surface area contributed by atoms with Crippen LogP contribution in [-0.4, -0.2) is 16.7 Å². The van der Waals surface area contributed by atoms with E-state index in [4.69, 9.17) is 4.99 Å². The normalized spacial score (nSPS) is 16.1. The number of hydrogen-bond acceptors (Lipinski definition) is 3. The summed E-state index contributed by atoms with van der Waals surface area (Å²) >= 11 is 1.69. The number of rotatable bonds is 5. The van der Waals surface area contributed by atoms with Crippen molar-refractivity contribution >= 4 is 45.0 Å². The Balaban J connectivity index is 1.56. The predicted molar refractivity (Wildman–Crippen MR) is 153 cm³/mol. The Kier molecular flexibility index (Phi) is 6.60. The lowest BCUT2D eigenvalue weighted by Gasteiger charge is -2.33. The second-order valence-corrected chi connectivity index (χ2v) is 12.3. The number of amides is 1. The highest BCUT2D eigenvalue weighted by Gasteiger charge is 2.33. The van der Waals surface area contributed by atoms with Gasteiger partial charge in [0.05, 0.1) is 5.56 Å². The van der Waals surface area contributed by atoms with Gasteiger partial charge in [-0.05, 0) is 68.2 Å². The van der Waals surface area contributed by atoms with Gasteiger partial charge in [-0.2, -0.15) is 0 Å². The number of thiophene rings is 1. The maximum atomic E-state index is 13.6. The third kappa shape index (κ3) is 4.77. The van der Waals surface area contributed by atoms with Crippen LogP contribution in [0.2, 0.25) is 0 Å². The van der Waals surface area contributed by atoms with Gasteiger partial charge in [0.1, 0.15) is 5.00 Å². The molecule has 0 saturated carbocycles. The van der Waals surface area contributed by atoms with Gasteiger partial charge in [0, 0.05) is 45.5 Å². The quantitative estimate of drug-likeness (QED) is 0.276. The van der Waals surface area contributed by atoms with E-state index in [9.17, 15) is 4.79 Å². The lowest BCUT2D eigenvalue weighted by molar-refractivity contribution is 0.102. The number of carbonyl (C=O) groups excluding carboxylic acids is 1. The zero-order valence-electron chi connectivity index (χ0n) is 21.8. The minimum absolute atomic E-state index is 0.0651. The summed E-state index contributed by atoms with van der Waals surface area (Å²) in [6.07, 6.45) is 7.15. The molecule has 0 unspecified atom stereocenters. The zero-order chi connectivity index (χ0) is 25.4. The van der Waals surface area contributed by atoms with Crippen LogP contribution in [0.1, 0.15) is 73.4 Å². The lowest BCUT2D eigenvalue weighted by Crippen LogP contribution is -2.27. The Labute approximate surface area is 218 Å². The molecule has 1 amide bonds. The fraction of sp³-hybridized carbons (Fsp3) is 0.355. The molecule has 5 rings (SSSR count). The molecule has 5 heteroatoms. The lowest BCUT2D eigenvalue weighted by atomic mass is 9.72. The molecular formula is C31H35N3OS. The zero-order valence-corrected chi connectivity index (χ0v) is 22.7. The van der Waals surface area contributed by atoms with Crippen molar-refractivity contribution in [2.45, 2.75) is 59.9 Å². The molecule has 2 aromatic carbocycles. The van der Waals surface area contributed by atoms with Gasteiger partial charge in [-0.15, -0.1) is 11.3 Å². The first-order valence-electron chi connectivity index (χ1n) is 12.9. The minimum atomic E-state index is -0.0651. The van der Waals surface area contributed by atoms with E-state index in [0.29, 0.717) is 12.0 Å². The summed E-state index contributed by atoms with van der Waals surface area (Å²) in [5.41, 5.74) is 5.26. The molecule has 0 radical (unpaired) electrons. The SMILES string of the molecule is CC(C)n1cc(C=Nc2sc3c(c2C(=O)Nc2ccccc2)CC[C@H](C(C)(C)C)C3)c2ccccc21. The van der Waals surface area contributed by atoms with Crippen LogP contribution in [0.4, 0.5) is 10.7 Å². The molecule has 4 aromatic rings. The second-order valence-electron chi connectivity index (χ2n) is 11.2. The van der Waals surface area contributed by atoms with Crippen LogP contribution in [0.5, 0.6) is 0 Å². The molecule has 1 N–H and O–H groups in total. The number of aromatic nitrogens is 1. The number of benzene rings is 2. The van der Waals surface area contributed by atoms with Gasteiger partial charge in [-0.3, -0.25) is 4.79 Å². The number of anilines is 1. The van der Waals surface area contributed by atoms with Gasteiger partial charge in [0.2, 0.25) is 0 Å². The summed E-state index contributed by atoms with van der Waals surface area (Å²) in [7, 11) is 0. The first-order valence-corrected chi connectivity index (χ1v) is 13.7. The van der Waals surface area contributed by atoms with Gasteiger partial charge in [0.15, 0.2) is 0 Å². The second kappa shape index (κ2) is 9.70. The first-order chi connectivity index (χ1) is 17.2. The monoisotopic (exact) mass is 497 g/mol. The molecule has 1 aliphatic rings. The minimum Gasteiger partial charge on any atom is -0.344 e. The number of para-hydroxylation sites is 2. The van der Waals surface area contributed by atoms with E-state index in [2.05, 4.69) is 75.0 Å². The first kappa shape index (κ1) is 24.5. The summed E-state index contributed by atoms with van der Waals surface area (Å²) in [6.45, 7) is 11.4. The topological polar surface area (TPSA) is 46.4 Å². The van der Waals surface area contributed by atoms with Crippen molar-refractivity contribution in [1.82, 2.24) is 4.57 Å². The maximum Gasteiger partial charge on any atom is 0.259 e. The molecule has 0 fully saturated rings. The Morgan fingerprint density at radius 2 is 1.83 bits per heavy atom. The van der Waals surface area contributed by atoms with E-state index < -0.39 is 0 Å². The van der Waals surface area contributed by atoms with Gasteiger partial charge < -0.3 is 9.88 Å². The van der Waals surface area contributed by atoms with Gasteiger partial charge >= 0.3 is 0 Å². The molecule has 186 valence electrons. The molecule has 0 bridgehead atoms. The number of nitrogens with zero attached hydrogens (tertiary/aromatic N) is 2. The number of nitrogens with one attached hydrogen (secondary N) is 1. The predicted octanol–water partition coefficient (Wildman–Crippen LogP) is 8.44. The van der Waals surface area contributed by atoms with Crippen molar-refractivity contribution in [1.29, 1.82) is 0 Å². The van der Waals surface area contributed by atoms with Gasteiger partial charge in [0.25, 0.3) is 5.91 Å². The summed E-state index contributed by atoms with van der Waals surface area (Å²) in [6, 6.07) is 18.5. The van der Waals surface area contributed by atoms with Crippen LogP contribution in [0.15, 0.2) is 65.8 Å². The maximum absolute atomic E-state index is 13.6. The summed E-state index contributed by atoms with van der Waals surface area (Å²) in [5, 5.41) is 5.10. The number of carbonyl (C=O) groups is 1.